The van der Waals surface area contributed by atoms with Crippen molar-refractivity contribution in [2.24, 2.45) is 0 Å². The van der Waals surface area contributed by atoms with Gasteiger partial charge in [-0.2, -0.15) is 0 Å². The molecule has 0 heterocycles. The van der Waals surface area contributed by atoms with Gasteiger partial charge in [0.15, 0.2) is 11.5 Å². The second-order valence-electron chi connectivity index (χ2n) is 13.4. The molecule has 0 atom stereocenters. The molecular formula is C43H74O3. The van der Waals surface area contributed by atoms with Crippen molar-refractivity contribution in [1.29, 1.82) is 0 Å². The lowest BCUT2D eigenvalue weighted by Gasteiger charge is -2.13. The van der Waals surface area contributed by atoms with Gasteiger partial charge < -0.3 is 9.47 Å². The van der Waals surface area contributed by atoms with Crippen molar-refractivity contribution in [2.75, 3.05) is 13.2 Å². The molecule has 0 spiro atoms. The van der Waals surface area contributed by atoms with Crippen molar-refractivity contribution in [3.63, 3.8) is 0 Å². The van der Waals surface area contributed by atoms with Crippen molar-refractivity contribution < 1.29 is 14.3 Å². The Hall–Kier alpha value is -2.03. The van der Waals surface area contributed by atoms with Gasteiger partial charge in [-0.05, 0) is 82.4 Å². The van der Waals surface area contributed by atoms with Gasteiger partial charge in [0.25, 0.3) is 0 Å². The molecule has 0 fully saturated rings. The molecular weight excluding hydrogens is 564 g/mol. The lowest BCUT2D eigenvalue weighted by Crippen LogP contribution is -2.03. The molecule has 0 aromatic heterocycles. The summed E-state index contributed by atoms with van der Waals surface area (Å²) in [6.45, 7) is 5.93. The Morgan fingerprint density at radius 3 is 1.17 bits per heavy atom. The molecule has 3 heteroatoms. The first kappa shape index (κ1) is 42.0. The minimum atomic E-state index is 0.639. The first-order valence-electron chi connectivity index (χ1n) is 20.0. The largest absolute Gasteiger partial charge is 0.490 e. The van der Waals surface area contributed by atoms with Crippen LogP contribution in [0.4, 0.5) is 0 Å². The van der Waals surface area contributed by atoms with Crippen molar-refractivity contribution in [3.05, 3.63) is 48.1 Å². The summed E-state index contributed by atoms with van der Waals surface area (Å²) < 4.78 is 12.2. The molecule has 3 nitrogen and oxygen atoms in total. The number of allylic oxidation sites excluding steroid dienone is 4. The number of hydrogen-bond acceptors (Lipinski definition) is 3. The minimum absolute atomic E-state index is 0.639. The lowest BCUT2D eigenvalue weighted by atomic mass is 10.1. The number of unbranched alkanes of at least 4 members (excludes halogenated alkanes) is 24. The van der Waals surface area contributed by atoms with Crippen LogP contribution in [0, 0.1) is 0 Å². The Morgan fingerprint density at radius 2 is 0.783 bits per heavy atom. The second kappa shape index (κ2) is 34.3. The van der Waals surface area contributed by atoms with Crippen LogP contribution in [-0.2, 0) is 0 Å². The van der Waals surface area contributed by atoms with Gasteiger partial charge in [-0.15, -0.1) is 0 Å². The number of ether oxygens (including phenoxy) is 2. The van der Waals surface area contributed by atoms with Crippen LogP contribution in [-0.4, -0.2) is 19.5 Å². The summed E-state index contributed by atoms with van der Waals surface area (Å²) in [4.78, 5) is 11.3. The van der Waals surface area contributed by atoms with Gasteiger partial charge in [0.1, 0.15) is 6.29 Å². The number of hydrogen-bond donors (Lipinski definition) is 0. The number of carbonyl (C=O) groups excluding carboxylic acids is 1. The van der Waals surface area contributed by atoms with E-state index in [0.29, 0.717) is 24.5 Å². The Labute approximate surface area is 286 Å². The molecule has 1 aromatic carbocycles. The highest BCUT2D eigenvalue weighted by Crippen LogP contribution is 2.29. The average Bonchev–Trinajstić information content (AvgIpc) is 3.07. The summed E-state index contributed by atoms with van der Waals surface area (Å²) >= 11 is 0. The normalized spacial score (nSPS) is 11.6. The molecule has 0 aliphatic rings. The lowest BCUT2D eigenvalue weighted by molar-refractivity contribution is 0.112. The molecule has 46 heavy (non-hydrogen) atoms. The van der Waals surface area contributed by atoms with Crippen LogP contribution in [0.15, 0.2) is 42.5 Å². The third kappa shape index (κ3) is 27.1. The second-order valence-corrected chi connectivity index (χ2v) is 13.4. The van der Waals surface area contributed by atoms with Gasteiger partial charge in [0, 0.05) is 5.56 Å². The zero-order chi connectivity index (χ0) is 33.0. The number of carbonyl (C=O) groups is 1. The van der Waals surface area contributed by atoms with Gasteiger partial charge in [0.05, 0.1) is 13.2 Å². The van der Waals surface area contributed by atoms with E-state index in [1.54, 1.807) is 0 Å². The molecule has 0 N–H and O–H groups in total. The zero-order valence-electron chi connectivity index (χ0n) is 30.6. The van der Waals surface area contributed by atoms with E-state index in [1.165, 1.54) is 167 Å². The molecule has 0 aliphatic carbocycles. The Bertz CT molecular complexity index is 842. The summed E-state index contributed by atoms with van der Waals surface area (Å²) in [6.07, 6.45) is 46.9. The summed E-state index contributed by atoms with van der Waals surface area (Å²) in [7, 11) is 0. The SMILES string of the molecule is CCCCCCCC/C=C/CCCCCCCCOc1ccc(C=O)cc1OCCCCCCCC/C=C/CCCCCCCC. The minimum Gasteiger partial charge on any atom is -0.490 e. The number of benzene rings is 1. The monoisotopic (exact) mass is 639 g/mol. The van der Waals surface area contributed by atoms with Gasteiger partial charge >= 0.3 is 0 Å². The van der Waals surface area contributed by atoms with Gasteiger partial charge in [-0.3, -0.25) is 4.79 Å². The van der Waals surface area contributed by atoms with Crippen LogP contribution >= 0.6 is 0 Å². The van der Waals surface area contributed by atoms with Crippen LogP contribution in [0.1, 0.15) is 204 Å². The quantitative estimate of drug-likeness (QED) is 0.0421. The fourth-order valence-electron chi connectivity index (χ4n) is 5.89. The van der Waals surface area contributed by atoms with E-state index in [0.717, 1.165) is 24.9 Å². The molecule has 0 radical (unpaired) electrons. The Balaban J connectivity index is 2.03. The maximum Gasteiger partial charge on any atom is 0.161 e. The van der Waals surface area contributed by atoms with Crippen molar-refractivity contribution in [1.82, 2.24) is 0 Å². The molecule has 1 rings (SSSR count). The fraction of sp³-hybridized carbons (Fsp3) is 0.744. The molecule has 264 valence electrons. The summed E-state index contributed by atoms with van der Waals surface area (Å²) in [5.41, 5.74) is 0.639. The highest BCUT2D eigenvalue weighted by Gasteiger charge is 2.07. The number of rotatable bonds is 35. The van der Waals surface area contributed by atoms with Crippen LogP contribution in [0.3, 0.4) is 0 Å². The van der Waals surface area contributed by atoms with Crippen LogP contribution < -0.4 is 9.47 Å². The average molecular weight is 639 g/mol. The predicted molar refractivity (Wildman–Crippen MR) is 202 cm³/mol. The zero-order valence-corrected chi connectivity index (χ0v) is 30.6. The fourth-order valence-corrected chi connectivity index (χ4v) is 5.89. The number of aldehydes is 1. The molecule has 0 bridgehead atoms. The smallest absolute Gasteiger partial charge is 0.161 e. The Morgan fingerprint density at radius 1 is 0.435 bits per heavy atom. The van der Waals surface area contributed by atoms with E-state index >= 15 is 0 Å². The predicted octanol–water partition coefficient (Wildman–Crippen LogP) is 14.3. The van der Waals surface area contributed by atoms with Crippen molar-refractivity contribution in [3.8, 4) is 11.5 Å². The van der Waals surface area contributed by atoms with E-state index in [-0.39, 0.29) is 0 Å². The van der Waals surface area contributed by atoms with E-state index in [2.05, 4.69) is 38.2 Å². The molecule has 0 unspecified atom stereocenters. The molecule has 0 amide bonds. The van der Waals surface area contributed by atoms with Crippen molar-refractivity contribution >= 4 is 6.29 Å². The maximum atomic E-state index is 11.3. The third-order valence-electron chi connectivity index (χ3n) is 8.93. The molecule has 0 saturated carbocycles. The van der Waals surface area contributed by atoms with E-state index in [9.17, 15) is 4.79 Å². The van der Waals surface area contributed by atoms with E-state index in [1.807, 2.05) is 18.2 Å². The highest BCUT2D eigenvalue weighted by molar-refractivity contribution is 5.76. The standard InChI is InChI=1S/C43H74O3/c1-3-5-7-9-11-13-15-17-19-21-23-25-27-29-31-33-37-45-42-36-35-41(40-44)39-43(42)46-38-34-32-30-28-26-24-22-20-18-16-14-12-10-8-6-4-2/h17-20,35-36,39-40H,3-16,21-34,37-38H2,1-2H3/b19-17+,20-18+. The topological polar surface area (TPSA) is 35.5 Å². The first-order valence-corrected chi connectivity index (χ1v) is 20.0. The van der Waals surface area contributed by atoms with Crippen LogP contribution in [0.25, 0.3) is 0 Å². The molecule has 0 saturated heterocycles. The summed E-state index contributed by atoms with van der Waals surface area (Å²) in [6, 6.07) is 5.53. The van der Waals surface area contributed by atoms with Crippen molar-refractivity contribution in [2.45, 2.75) is 194 Å². The van der Waals surface area contributed by atoms with Gasteiger partial charge in [0.2, 0.25) is 0 Å². The molecule has 1 aromatic rings. The third-order valence-corrected chi connectivity index (χ3v) is 8.93. The van der Waals surface area contributed by atoms with Gasteiger partial charge in [-0.1, -0.05) is 154 Å². The van der Waals surface area contributed by atoms with Crippen LogP contribution in [0.5, 0.6) is 11.5 Å². The van der Waals surface area contributed by atoms with E-state index < -0.39 is 0 Å². The summed E-state index contributed by atoms with van der Waals surface area (Å²) in [5, 5.41) is 0. The van der Waals surface area contributed by atoms with Crippen LogP contribution in [0.2, 0.25) is 0 Å². The highest BCUT2D eigenvalue weighted by atomic mass is 16.5. The van der Waals surface area contributed by atoms with Gasteiger partial charge in [-0.25, -0.2) is 0 Å². The summed E-state index contributed by atoms with van der Waals surface area (Å²) in [5.74, 6) is 1.48. The molecule has 0 aliphatic heterocycles. The van der Waals surface area contributed by atoms with E-state index in [4.69, 9.17) is 9.47 Å². The maximum absolute atomic E-state index is 11.3. The first-order chi connectivity index (χ1) is 22.8. The Kier molecular flexibility index (Phi) is 31.3.